The molecule has 0 spiro atoms. The van der Waals surface area contributed by atoms with Crippen molar-refractivity contribution in [1.29, 1.82) is 0 Å². The molecule has 7 nitrogen and oxygen atoms in total. The third-order valence-electron chi connectivity index (χ3n) is 4.67. The summed E-state index contributed by atoms with van der Waals surface area (Å²) >= 11 is 3.33. The Hall–Kier alpha value is -3.65. The predicted octanol–water partition coefficient (Wildman–Crippen LogP) is 4.31. The van der Waals surface area contributed by atoms with Crippen LogP contribution in [0.1, 0.15) is 28.4 Å². The number of benzene rings is 3. The number of carbonyl (C=O) groups is 2. The van der Waals surface area contributed by atoms with Crippen LogP contribution in [-0.2, 0) is 11.4 Å². The van der Waals surface area contributed by atoms with Crippen molar-refractivity contribution >= 4 is 34.0 Å². The average molecular weight is 510 g/mol. The van der Waals surface area contributed by atoms with Crippen LogP contribution < -0.4 is 20.2 Å². The fourth-order valence-corrected chi connectivity index (χ4v) is 3.34. The number of rotatable bonds is 9. The minimum Gasteiger partial charge on any atom is -0.493 e. The van der Waals surface area contributed by atoms with E-state index in [-0.39, 0.29) is 5.91 Å². The zero-order chi connectivity index (χ0) is 23.6. The number of nitrogens with zero attached hydrogens (tertiary/aromatic N) is 1. The Bertz CT molecular complexity index is 1140. The summed E-state index contributed by atoms with van der Waals surface area (Å²) in [4.78, 5) is 24.6. The Kier molecular flexibility index (Phi) is 8.60. The molecular formula is C25H24BrN3O4. The monoisotopic (exact) mass is 509 g/mol. The van der Waals surface area contributed by atoms with Crippen molar-refractivity contribution in [2.45, 2.75) is 19.6 Å². The Morgan fingerprint density at radius 3 is 2.48 bits per heavy atom. The molecule has 8 heteroatoms. The van der Waals surface area contributed by atoms with Crippen molar-refractivity contribution in [2.24, 2.45) is 5.10 Å². The van der Waals surface area contributed by atoms with E-state index in [4.69, 9.17) is 9.47 Å². The van der Waals surface area contributed by atoms with Crippen LogP contribution >= 0.6 is 15.9 Å². The molecule has 3 aromatic carbocycles. The van der Waals surface area contributed by atoms with Crippen molar-refractivity contribution in [1.82, 2.24) is 10.7 Å². The van der Waals surface area contributed by atoms with E-state index >= 15 is 0 Å². The maximum Gasteiger partial charge on any atom is 0.262 e. The molecular weight excluding hydrogens is 486 g/mol. The molecule has 2 amide bonds. The highest BCUT2D eigenvalue weighted by molar-refractivity contribution is 9.10. The van der Waals surface area contributed by atoms with Gasteiger partial charge in [-0.3, -0.25) is 9.59 Å². The Morgan fingerprint density at radius 2 is 1.76 bits per heavy atom. The molecule has 1 atom stereocenters. The van der Waals surface area contributed by atoms with Crippen molar-refractivity contribution in [3.8, 4) is 11.5 Å². The van der Waals surface area contributed by atoms with E-state index in [1.807, 2.05) is 36.4 Å². The molecule has 0 bridgehead atoms. The van der Waals surface area contributed by atoms with Gasteiger partial charge in [0.1, 0.15) is 12.6 Å². The number of nitrogens with one attached hydrogen (secondary N) is 2. The number of hydrogen-bond acceptors (Lipinski definition) is 5. The quantitative estimate of drug-likeness (QED) is 0.332. The fourth-order valence-electron chi connectivity index (χ4n) is 2.87. The van der Waals surface area contributed by atoms with E-state index in [0.29, 0.717) is 33.7 Å². The van der Waals surface area contributed by atoms with Crippen molar-refractivity contribution in [3.05, 3.63) is 94.0 Å². The zero-order valence-corrected chi connectivity index (χ0v) is 19.8. The maximum absolute atomic E-state index is 12.3. The molecule has 33 heavy (non-hydrogen) atoms. The summed E-state index contributed by atoms with van der Waals surface area (Å²) < 4.78 is 11.9. The van der Waals surface area contributed by atoms with Crippen molar-refractivity contribution in [3.63, 3.8) is 0 Å². The highest BCUT2D eigenvalue weighted by Gasteiger charge is 2.17. The molecule has 0 aromatic heterocycles. The van der Waals surface area contributed by atoms with Gasteiger partial charge >= 0.3 is 0 Å². The van der Waals surface area contributed by atoms with Gasteiger partial charge in [-0.1, -0.05) is 42.5 Å². The number of hydrazone groups is 1. The van der Waals surface area contributed by atoms with Crippen LogP contribution in [0, 0.1) is 0 Å². The first-order valence-corrected chi connectivity index (χ1v) is 11.0. The van der Waals surface area contributed by atoms with Gasteiger partial charge < -0.3 is 14.8 Å². The summed E-state index contributed by atoms with van der Waals surface area (Å²) in [7, 11) is 1.56. The van der Waals surface area contributed by atoms with Crippen LogP contribution in [0.25, 0.3) is 0 Å². The molecule has 0 saturated heterocycles. The number of carbonyl (C=O) groups excluding carboxylic acids is 2. The number of hydrogen-bond donors (Lipinski definition) is 2. The summed E-state index contributed by atoms with van der Waals surface area (Å²) in [5, 5.41) is 6.62. The maximum atomic E-state index is 12.3. The van der Waals surface area contributed by atoms with Gasteiger partial charge in [0, 0.05) is 4.47 Å². The Morgan fingerprint density at radius 1 is 1.03 bits per heavy atom. The summed E-state index contributed by atoms with van der Waals surface area (Å²) in [6, 6.07) is 21.4. The smallest absolute Gasteiger partial charge is 0.262 e. The number of halogens is 1. The van der Waals surface area contributed by atoms with Gasteiger partial charge in [-0.05, 0) is 64.3 Å². The van der Waals surface area contributed by atoms with Crippen LogP contribution in [0.2, 0.25) is 0 Å². The SMILES string of the molecule is COc1cc(C=NNC(=O)C(C)NC(=O)c2ccccc2Br)ccc1OCc1ccccc1. The highest BCUT2D eigenvalue weighted by atomic mass is 79.9. The van der Waals surface area contributed by atoms with E-state index in [1.165, 1.54) is 6.21 Å². The lowest BCUT2D eigenvalue weighted by Gasteiger charge is -2.13. The standard InChI is InChI=1S/C25H24BrN3O4/c1-17(28-25(31)20-10-6-7-11-21(20)26)24(30)29-27-15-19-12-13-22(23(14-19)32-2)33-16-18-8-4-3-5-9-18/h3-15,17H,16H2,1-2H3,(H,28,31)(H,29,30). The van der Waals surface area contributed by atoms with Crippen molar-refractivity contribution < 1.29 is 19.1 Å². The first kappa shape index (κ1) is 24.0. The lowest BCUT2D eigenvalue weighted by molar-refractivity contribution is -0.122. The molecule has 0 heterocycles. The Labute approximate surface area is 200 Å². The summed E-state index contributed by atoms with van der Waals surface area (Å²) in [5.74, 6) is 0.354. The third kappa shape index (κ3) is 6.92. The van der Waals surface area contributed by atoms with Gasteiger partial charge in [-0.15, -0.1) is 0 Å². The minimum absolute atomic E-state index is 0.357. The lowest BCUT2D eigenvalue weighted by Crippen LogP contribution is -2.43. The number of ether oxygens (including phenoxy) is 2. The minimum atomic E-state index is -0.773. The molecule has 0 aliphatic heterocycles. The first-order chi connectivity index (χ1) is 16.0. The molecule has 3 rings (SSSR count). The van der Waals surface area contributed by atoms with Crippen LogP contribution in [-0.4, -0.2) is 31.2 Å². The molecule has 3 aromatic rings. The second-order valence-corrected chi connectivity index (χ2v) is 7.95. The largest absolute Gasteiger partial charge is 0.493 e. The van der Waals surface area contributed by atoms with Gasteiger partial charge in [-0.2, -0.15) is 5.10 Å². The summed E-state index contributed by atoms with van der Waals surface area (Å²) in [6.07, 6.45) is 1.49. The second kappa shape index (κ2) is 11.8. The fraction of sp³-hybridized carbons (Fsp3) is 0.160. The van der Waals surface area contributed by atoms with Gasteiger partial charge in [-0.25, -0.2) is 5.43 Å². The molecule has 2 N–H and O–H groups in total. The highest BCUT2D eigenvalue weighted by Crippen LogP contribution is 2.28. The lowest BCUT2D eigenvalue weighted by atomic mass is 10.2. The molecule has 0 fully saturated rings. The molecule has 0 aliphatic rings. The molecule has 1 unspecified atom stereocenters. The van der Waals surface area contributed by atoms with Crippen molar-refractivity contribution in [2.75, 3.05) is 7.11 Å². The van der Waals surface area contributed by atoms with Crippen LogP contribution in [0.5, 0.6) is 11.5 Å². The first-order valence-electron chi connectivity index (χ1n) is 10.2. The molecule has 0 aliphatic carbocycles. The molecule has 0 radical (unpaired) electrons. The molecule has 170 valence electrons. The number of methoxy groups -OCH3 is 1. The topological polar surface area (TPSA) is 89.0 Å². The molecule has 0 saturated carbocycles. The van der Waals surface area contributed by atoms with E-state index in [1.54, 1.807) is 50.4 Å². The van der Waals surface area contributed by atoms with E-state index in [9.17, 15) is 9.59 Å². The van der Waals surface area contributed by atoms with Crippen LogP contribution in [0.15, 0.2) is 82.4 Å². The Balaban J connectivity index is 1.55. The van der Waals surface area contributed by atoms with Gasteiger partial charge in [0.25, 0.3) is 11.8 Å². The van der Waals surface area contributed by atoms with E-state index in [2.05, 4.69) is 31.8 Å². The second-order valence-electron chi connectivity index (χ2n) is 7.09. The van der Waals surface area contributed by atoms with E-state index in [0.717, 1.165) is 5.56 Å². The normalized spacial score (nSPS) is 11.6. The third-order valence-corrected chi connectivity index (χ3v) is 5.36. The predicted molar refractivity (Wildman–Crippen MR) is 131 cm³/mol. The zero-order valence-electron chi connectivity index (χ0n) is 18.2. The van der Waals surface area contributed by atoms with Gasteiger partial charge in [0.15, 0.2) is 11.5 Å². The van der Waals surface area contributed by atoms with Gasteiger partial charge in [0.2, 0.25) is 0 Å². The van der Waals surface area contributed by atoms with Crippen LogP contribution in [0.3, 0.4) is 0 Å². The number of amides is 2. The summed E-state index contributed by atoms with van der Waals surface area (Å²) in [5.41, 5.74) is 4.64. The van der Waals surface area contributed by atoms with Crippen LogP contribution in [0.4, 0.5) is 0 Å². The van der Waals surface area contributed by atoms with Gasteiger partial charge in [0.05, 0.1) is 18.9 Å². The average Bonchev–Trinajstić information content (AvgIpc) is 2.83. The van der Waals surface area contributed by atoms with E-state index < -0.39 is 11.9 Å². The summed E-state index contributed by atoms with van der Waals surface area (Å²) in [6.45, 7) is 2.01.